The van der Waals surface area contributed by atoms with Crippen molar-refractivity contribution < 1.29 is 17.9 Å². The van der Waals surface area contributed by atoms with E-state index in [4.69, 9.17) is 0 Å². The van der Waals surface area contributed by atoms with Gasteiger partial charge in [0, 0.05) is 25.2 Å². The van der Waals surface area contributed by atoms with E-state index in [-0.39, 0.29) is 5.75 Å². The summed E-state index contributed by atoms with van der Waals surface area (Å²) < 4.78 is 40.8. The summed E-state index contributed by atoms with van der Waals surface area (Å²) in [4.78, 5) is 8.45. The van der Waals surface area contributed by atoms with Crippen molar-refractivity contribution in [1.29, 1.82) is 0 Å². The molecule has 0 radical (unpaired) electrons. The molecule has 118 valence electrons. The molecule has 0 atom stereocenters. The summed E-state index contributed by atoms with van der Waals surface area (Å²) in [6.45, 7) is 2.58. The van der Waals surface area contributed by atoms with Crippen LogP contribution in [0.5, 0.6) is 5.75 Å². The molecule has 2 N–H and O–H groups in total. The van der Waals surface area contributed by atoms with Crippen LogP contribution < -0.4 is 15.4 Å². The summed E-state index contributed by atoms with van der Waals surface area (Å²) in [6.07, 6.45) is -4.73. The lowest BCUT2D eigenvalue weighted by atomic mass is 10.1. The molecule has 0 unspecified atom stereocenters. The molecule has 0 spiro atoms. The van der Waals surface area contributed by atoms with E-state index >= 15 is 0 Å². The maximum atomic E-state index is 12.3. The van der Waals surface area contributed by atoms with Crippen LogP contribution in [0.4, 0.5) is 24.9 Å². The molecule has 0 fully saturated rings. The van der Waals surface area contributed by atoms with Crippen molar-refractivity contribution in [2.75, 3.05) is 24.2 Å². The maximum absolute atomic E-state index is 12.3. The summed E-state index contributed by atoms with van der Waals surface area (Å²) >= 11 is 0. The van der Waals surface area contributed by atoms with Crippen molar-refractivity contribution in [2.24, 2.45) is 0 Å². The van der Waals surface area contributed by atoms with Crippen LogP contribution in [-0.4, -0.2) is 29.9 Å². The molecule has 1 aromatic heterocycles. The molecule has 0 aliphatic heterocycles. The van der Waals surface area contributed by atoms with Gasteiger partial charge in [-0.3, -0.25) is 0 Å². The van der Waals surface area contributed by atoms with Crippen molar-refractivity contribution in [1.82, 2.24) is 9.97 Å². The van der Waals surface area contributed by atoms with Gasteiger partial charge in [-0.2, -0.15) is 4.98 Å². The first kappa shape index (κ1) is 15.9. The minimum absolute atomic E-state index is 0.292. The van der Waals surface area contributed by atoms with E-state index in [9.17, 15) is 13.2 Å². The Kier molecular flexibility index (Phi) is 4.69. The molecule has 0 bridgehead atoms. The Bertz CT molecular complexity index is 646. The number of nitrogens with zero attached hydrogens (tertiary/aromatic N) is 2. The van der Waals surface area contributed by atoms with Gasteiger partial charge >= 0.3 is 6.36 Å². The predicted molar refractivity (Wildman–Crippen MR) is 77.9 cm³/mol. The summed E-state index contributed by atoms with van der Waals surface area (Å²) in [5, 5.41) is 5.86. The Morgan fingerprint density at radius 3 is 2.59 bits per heavy atom. The van der Waals surface area contributed by atoms with Crippen molar-refractivity contribution in [3.8, 4) is 17.0 Å². The fraction of sp³-hybridized carbons (Fsp3) is 0.286. The van der Waals surface area contributed by atoms with Gasteiger partial charge in [0.2, 0.25) is 5.95 Å². The van der Waals surface area contributed by atoms with Gasteiger partial charge in [0.15, 0.2) is 0 Å². The largest absolute Gasteiger partial charge is 0.573 e. The first-order valence-electron chi connectivity index (χ1n) is 6.58. The normalized spacial score (nSPS) is 11.1. The Hall–Kier alpha value is -2.51. The topological polar surface area (TPSA) is 59.1 Å². The van der Waals surface area contributed by atoms with E-state index in [0.717, 1.165) is 0 Å². The van der Waals surface area contributed by atoms with Crippen LogP contribution in [0.2, 0.25) is 0 Å². The van der Waals surface area contributed by atoms with Crippen molar-refractivity contribution in [3.63, 3.8) is 0 Å². The van der Waals surface area contributed by atoms with Gasteiger partial charge in [0.25, 0.3) is 0 Å². The second kappa shape index (κ2) is 6.50. The highest BCUT2D eigenvalue weighted by Crippen LogP contribution is 2.28. The van der Waals surface area contributed by atoms with Crippen LogP contribution in [-0.2, 0) is 0 Å². The van der Waals surface area contributed by atoms with Gasteiger partial charge in [0.1, 0.15) is 11.6 Å². The van der Waals surface area contributed by atoms with Gasteiger partial charge in [-0.25, -0.2) is 4.98 Å². The summed E-state index contributed by atoms with van der Waals surface area (Å²) in [5.41, 5.74) is 0.989. The quantitative estimate of drug-likeness (QED) is 0.884. The van der Waals surface area contributed by atoms with Crippen molar-refractivity contribution >= 4 is 11.8 Å². The van der Waals surface area contributed by atoms with Crippen LogP contribution in [0.3, 0.4) is 0 Å². The number of hydrogen-bond acceptors (Lipinski definition) is 5. The van der Waals surface area contributed by atoms with Crippen molar-refractivity contribution in [3.05, 3.63) is 30.3 Å². The molecule has 1 heterocycles. The van der Waals surface area contributed by atoms with Gasteiger partial charge < -0.3 is 15.4 Å². The number of ether oxygens (including phenoxy) is 1. The summed E-state index contributed by atoms with van der Waals surface area (Å²) in [7, 11) is 1.66. The first-order valence-corrected chi connectivity index (χ1v) is 6.58. The number of aromatic nitrogens is 2. The Morgan fingerprint density at radius 1 is 1.18 bits per heavy atom. The summed E-state index contributed by atoms with van der Waals surface area (Å²) in [6, 6.07) is 7.32. The molecular weight excluding hydrogens is 297 g/mol. The monoisotopic (exact) mass is 312 g/mol. The number of halogens is 3. The third-order valence-corrected chi connectivity index (χ3v) is 2.67. The van der Waals surface area contributed by atoms with Crippen LogP contribution in [0.25, 0.3) is 11.3 Å². The van der Waals surface area contributed by atoms with Crippen LogP contribution in [0.15, 0.2) is 30.3 Å². The van der Waals surface area contributed by atoms with E-state index in [0.29, 0.717) is 29.6 Å². The maximum Gasteiger partial charge on any atom is 0.573 e. The van der Waals surface area contributed by atoms with E-state index in [1.807, 2.05) is 6.92 Å². The lowest BCUT2D eigenvalue weighted by Crippen LogP contribution is -2.17. The third kappa shape index (κ3) is 4.24. The van der Waals surface area contributed by atoms with E-state index in [1.165, 1.54) is 18.2 Å². The number of hydrogen-bond donors (Lipinski definition) is 2. The molecule has 0 saturated heterocycles. The lowest BCUT2D eigenvalue weighted by Gasteiger charge is -2.11. The Morgan fingerprint density at radius 2 is 1.95 bits per heavy atom. The number of alkyl halides is 3. The summed E-state index contributed by atoms with van der Waals surface area (Å²) in [5.74, 6) is 0.661. The standard InChI is InChI=1S/C14H15F3N4O/c1-3-19-12-8-11(20-13(18-2)21-12)9-5-4-6-10(7-9)22-14(15,16)17/h4-8H,3H2,1-2H3,(H2,18,19,20,21). The molecule has 1 aromatic carbocycles. The molecule has 0 saturated carbocycles. The highest BCUT2D eigenvalue weighted by Gasteiger charge is 2.31. The highest BCUT2D eigenvalue weighted by atomic mass is 19.4. The minimum atomic E-state index is -4.73. The molecule has 22 heavy (non-hydrogen) atoms. The second-order valence-corrected chi connectivity index (χ2v) is 4.32. The van der Waals surface area contributed by atoms with E-state index < -0.39 is 6.36 Å². The fourth-order valence-corrected chi connectivity index (χ4v) is 1.83. The van der Waals surface area contributed by atoms with Gasteiger partial charge in [-0.1, -0.05) is 12.1 Å². The van der Waals surface area contributed by atoms with Gasteiger partial charge in [-0.05, 0) is 19.1 Å². The van der Waals surface area contributed by atoms with Gasteiger partial charge in [0.05, 0.1) is 5.69 Å². The molecular formula is C14H15F3N4O. The van der Waals surface area contributed by atoms with E-state index in [1.54, 1.807) is 19.2 Å². The van der Waals surface area contributed by atoms with Crippen LogP contribution in [0.1, 0.15) is 6.92 Å². The average Bonchev–Trinajstić information content (AvgIpc) is 2.46. The van der Waals surface area contributed by atoms with Crippen LogP contribution in [0, 0.1) is 0 Å². The average molecular weight is 312 g/mol. The third-order valence-electron chi connectivity index (χ3n) is 2.67. The lowest BCUT2D eigenvalue weighted by molar-refractivity contribution is -0.274. The molecule has 0 aliphatic rings. The Labute approximate surface area is 125 Å². The molecule has 2 rings (SSSR count). The predicted octanol–water partition coefficient (Wildman–Crippen LogP) is 3.52. The zero-order chi connectivity index (χ0) is 16.2. The molecule has 5 nitrogen and oxygen atoms in total. The smallest absolute Gasteiger partial charge is 0.406 e. The molecule has 2 aromatic rings. The van der Waals surface area contributed by atoms with Crippen LogP contribution >= 0.6 is 0 Å². The minimum Gasteiger partial charge on any atom is -0.406 e. The molecule has 8 heteroatoms. The first-order chi connectivity index (χ1) is 10.4. The highest BCUT2D eigenvalue weighted by molar-refractivity contribution is 5.65. The number of benzene rings is 1. The van der Waals surface area contributed by atoms with Crippen molar-refractivity contribution in [2.45, 2.75) is 13.3 Å². The number of nitrogens with one attached hydrogen (secondary N) is 2. The molecule has 0 aliphatic carbocycles. The Balaban J connectivity index is 2.38. The molecule has 0 amide bonds. The number of anilines is 2. The zero-order valence-corrected chi connectivity index (χ0v) is 12.0. The number of rotatable bonds is 5. The van der Waals surface area contributed by atoms with Gasteiger partial charge in [-0.15, -0.1) is 13.2 Å². The second-order valence-electron chi connectivity index (χ2n) is 4.32. The SMILES string of the molecule is CCNc1cc(-c2cccc(OC(F)(F)F)c2)nc(NC)n1. The van der Waals surface area contributed by atoms with E-state index in [2.05, 4.69) is 25.3 Å². The zero-order valence-electron chi connectivity index (χ0n) is 12.0. The fourth-order valence-electron chi connectivity index (χ4n) is 1.83.